The molecule has 0 aliphatic heterocycles. The second kappa shape index (κ2) is 6.98. The van der Waals surface area contributed by atoms with Crippen molar-refractivity contribution >= 4 is 23.2 Å². The van der Waals surface area contributed by atoms with Gasteiger partial charge < -0.3 is 5.11 Å². The number of thioether (sulfide) groups is 1. The molecule has 0 radical (unpaired) electrons. The zero-order valence-electron chi connectivity index (χ0n) is 10.3. The summed E-state index contributed by atoms with van der Waals surface area (Å²) in [6.07, 6.45) is 0. The van der Waals surface area contributed by atoms with Gasteiger partial charge in [-0.25, -0.2) is 0 Å². The summed E-state index contributed by atoms with van der Waals surface area (Å²) in [5, 5.41) is 16.6. The highest BCUT2D eigenvalue weighted by Gasteiger charge is 2.07. The number of alkyl halides is 2. The molecule has 0 fully saturated rings. The third-order valence-electron chi connectivity index (χ3n) is 2.00. The van der Waals surface area contributed by atoms with Crippen molar-refractivity contribution in [1.82, 2.24) is 0 Å². The summed E-state index contributed by atoms with van der Waals surface area (Å²) in [5.41, 5.74) is 0.268. The molecule has 1 aromatic rings. The second-order valence-corrected chi connectivity index (χ2v) is 4.63. The van der Waals surface area contributed by atoms with Gasteiger partial charge in [0.2, 0.25) is 0 Å². The van der Waals surface area contributed by atoms with Crippen LogP contribution < -0.4 is 0 Å². The number of halogens is 2. The van der Waals surface area contributed by atoms with E-state index in [1.807, 2.05) is 0 Å². The molecule has 0 bridgehead atoms. The topological polar surface area (TPSA) is 62.0 Å². The van der Waals surface area contributed by atoms with Crippen LogP contribution in [0.4, 0.5) is 14.5 Å². The van der Waals surface area contributed by atoms with E-state index in [0.717, 1.165) is 0 Å². The highest BCUT2D eigenvalue weighted by molar-refractivity contribution is 7.99. The number of carbonyl (C=O) groups excluding carboxylic acids is 1. The Hall–Kier alpha value is -1.76. The van der Waals surface area contributed by atoms with Crippen molar-refractivity contribution < 1.29 is 18.7 Å². The average Bonchev–Trinajstić information content (AvgIpc) is 2.29. The maximum absolute atomic E-state index is 12.1. The highest BCUT2D eigenvalue weighted by Crippen LogP contribution is 2.27. The summed E-state index contributed by atoms with van der Waals surface area (Å²) in [4.78, 5) is 11.5. The number of rotatable bonds is 5. The third kappa shape index (κ3) is 5.17. The maximum Gasteiger partial charge on any atom is 0.288 e. The number of benzene rings is 1. The van der Waals surface area contributed by atoms with Gasteiger partial charge in [0.15, 0.2) is 11.5 Å². The minimum atomic E-state index is -2.48. The number of hydrogen-bond acceptors (Lipinski definition) is 5. The largest absolute Gasteiger partial charge is 0.510 e. The normalized spacial score (nSPS) is 12.9. The van der Waals surface area contributed by atoms with Crippen LogP contribution in [0.3, 0.4) is 0 Å². The van der Waals surface area contributed by atoms with Crippen molar-refractivity contribution in [2.45, 2.75) is 24.5 Å². The number of hydrogen-bond donors (Lipinski definition) is 1. The van der Waals surface area contributed by atoms with Gasteiger partial charge in [-0.2, -0.15) is 13.9 Å². The Morgan fingerprint density at radius 2 is 1.84 bits per heavy atom. The fourth-order valence-electron chi connectivity index (χ4n) is 1.20. The Morgan fingerprint density at radius 3 is 2.26 bits per heavy atom. The first-order valence-corrected chi connectivity index (χ1v) is 6.15. The summed E-state index contributed by atoms with van der Waals surface area (Å²) < 4.78 is 24.2. The van der Waals surface area contributed by atoms with Gasteiger partial charge >= 0.3 is 0 Å². The average molecular weight is 286 g/mol. The molecule has 7 heteroatoms. The van der Waals surface area contributed by atoms with Crippen molar-refractivity contribution in [2.75, 3.05) is 0 Å². The number of Topliss-reactive ketones (excluding diaryl/α,β-unsaturated/α-hetero) is 1. The Labute approximate surface area is 113 Å². The molecule has 0 aliphatic carbocycles. The first kappa shape index (κ1) is 15.3. The monoisotopic (exact) mass is 286 g/mol. The van der Waals surface area contributed by atoms with Gasteiger partial charge in [0.05, 0.1) is 5.69 Å². The molecule has 0 amide bonds. The van der Waals surface area contributed by atoms with E-state index in [4.69, 9.17) is 0 Å². The number of allylic oxidation sites excluding steroid dienone is 2. The summed E-state index contributed by atoms with van der Waals surface area (Å²) in [6.45, 7) is 2.59. The van der Waals surface area contributed by atoms with Gasteiger partial charge in [0, 0.05) is 11.8 Å². The molecule has 1 N–H and O–H groups in total. The lowest BCUT2D eigenvalue weighted by molar-refractivity contribution is -0.113. The molecule has 1 aromatic carbocycles. The van der Waals surface area contributed by atoms with Crippen LogP contribution in [0, 0.1) is 0 Å². The summed E-state index contributed by atoms with van der Waals surface area (Å²) in [6, 6.07) is 5.96. The minimum absolute atomic E-state index is 0.133. The predicted octanol–water partition coefficient (Wildman–Crippen LogP) is 4.46. The molecule has 19 heavy (non-hydrogen) atoms. The van der Waals surface area contributed by atoms with Crippen LogP contribution in [0.15, 0.2) is 50.8 Å². The first-order chi connectivity index (χ1) is 8.90. The van der Waals surface area contributed by atoms with E-state index in [9.17, 15) is 18.7 Å². The minimum Gasteiger partial charge on any atom is -0.510 e. The Kier molecular flexibility index (Phi) is 5.62. The fourth-order valence-corrected chi connectivity index (χ4v) is 1.70. The molecule has 0 spiro atoms. The number of aliphatic hydroxyl groups excluding tert-OH is 1. The summed E-state index contributed by atoms with van der Waals surface area (Å²) >= 11 is 0.432. The molecule has 0 unspecified atom stereocenters. The molecule has 102 valence electrons. The van der Waals surface area contributed by atoms with Crippen molar-refractivity contribution in [3.05, 3.63) is 35.7 Å². The summed E-state index contributed by atoms with van der Waals surface area (Å²) in [7, 11) is 0. The van der Waals surface area contributed by atoms with E-state index in [1.165, 1.54) is 38.1 Å². The van der Waals surface area contributed by atoms with Crippen LogP contribution >= 0.6 is 11.8 Å². The van der Waals surface area contributed by atoms with E-state index in [0.29, 0.717) is 22.3 Å². The highest BCUT2D eigenvalue weighted by atomic mass is 32.2. The van der Waals surface area contributed by atoms with Gasteiger partial charge in [-0.15, -0.1) is 5.11 Å². The van der Waals surface area contributed by atoms with Crippen molar-refractivity contribution in [2.24, 2.45) is 10.2 Å². The van der Waals surface area contributed by atoms with E-state index in [1.54, 1.807) is 0 Å². The number of carbonyl (C=O) groups is 1. The Balaban J connectivity index is 2.83. The van der Waals surface area contributed by atoms with Crippen LogP contribution in [-0.2, 0) is 4.79 Å². The van der Waals surface area contributed by atoms with Crippen LogP contribution in [-0.4, -0.2) is 16.6 Å². The van der Waals surface area contributed by atoms with Crippen LogP contribution in [0.2, 0.25) is 0 Å². The first-order valence-electron chi connectivity index (χ1n) is 5.27. The Morgan fingerprint density at radius 1 is 1.26 bits per heavy atom. The number of azo groups is 1. The van der Waals surface area contributed by atoms with Crippen molar-refractivity contribution in [3.63, 3.8) is 0 Å². The molecule has 0 aliphatic rings. The number of aliphatic hydroxyl groups is 1. The van der Waals surface area contributed by atoms with Gasteiger partial charge in [-0.1, -0.05) is 11.8 Å². The zero-order chi connectivity index (χ0) is 14.4. The maximum atomic E-state index is 12.1. The number of ketones is 1. The molecular formula is C12H12F2N2O2S. The van der Waals surface area contributed by atoms with Gasteiger partial charge in [-0.05, 0) is 31.2 Å². The summed E-state index contributed by atoms with van der Waals surface area (Å²) in [5.74, 6) is -3.11. The van der Waals surface area contributed by atoms with Crippen LogP contribution in [0.1, 0.15) is 13.8 Å². The molecule has 0 aromatic heterocycles. The molecule has 0 saturated carbocycles. The van der Waals surface area contributed by atoms with Gasteiger partial charge in [0.1, 0.15) is 5.76 Å². The lowest BCUT2D eigenvalue weighted by Crippen LogP contribution is -1.96. The fraction of sp³-hybridized carbons (Fsp3) is 0.250. The van der Waals surface area contributed by atoms with Gasteiger partial charge in [-0.3, -0.25) is 4.79 Å². The molecule has 0 heterocycles. The molecule has 0 atom stereocenters. The molecule has 4 nitrogen and oxygen atoms in total. The quantitative estimate of drug-likeness (QED) is 0.376. The second-order valence-electron chi connectivity index (χ2n) is 3.56. The van der Waals surface area contributed by atoms with Crippen LogP contribution in [0.5, 0.6) is 0 Å². The van der Waals surface area contributed by atoms with Crippen molar-refractivity contribution in [3.8, 4) is 0 Å². The third-order valence-corrected chi connectivity index (χ3v) is 2.73. The van der Waals surface area contributed by atoms with E-state index >= 15 is 0 Å². The lowest BCUT2D eigenvalue weighted by Gasteiger charge is -2.00. The van der Waals surface area contributed by atoms with E-state index < -0.39 is 11.5 Å². The molecular weight excluding hydrogens is 274 g/mol. The zero-order valence-corrected chi connectivity index (χ0v) is 11.1. The van der Waals surface area contributed by atoms with E-state index in [2.05, 4.69) is 10.2 Å². The molecule has 1 rings (SSSR count). The standard InChI is InChI=1S/C12H12F2N2O2S/c1-7(17)11(8(2)18)16-15-9-3-5-10(6-4-9)19-12(13)14/h3-6,12,17H,1-2H3/b11-7-,16-15?. The van der Waals surface area contributed by atoms with Crippen molar-refractivity contribution in [1.29, 1.82) is 0 Å². The smallest absolute Gasteiger partial charge is 0.288 e. The lowest BCUT2D eigenvalue weighted by atomic mass is 10.3. The van der Waals surface area contributed by atoms with E-state index in [-0.39, 0.29) is 11.5 Å². The predicted molar refractivity (Wildman–Crippen MR) is 68.8 cm³/mol. The van der Waals surface area contributed by atoms with Crippen LogP contribution in [0.25, 0.3) is 0 Å². The number of nitrogens with zero attached hydrogens (tertiary/aromatic N) is 2. The van der Waals surface area contributed by atoms with Gasteiger partial charge in [0.25, 0.3) is 5.76 Å². The Bertz CT molecular complexity index is 509. The molecule has 0 saturated heterocycles. The SMILES string of the molecule is CC(=O)/C(N=Nc1ccc(SC(F)F)cc1)=C(\C)O.